The third kappa shape index (κ3) is 7.53. The smallest absolute Gasteiger partial charge is 0.249 e. The molecule has 39 heavy (non-hydrogen) atoms. The molecule has 1 saturated carbocycles. The lowest BCUT2D eigenvalue weighted by Gasteiger charge is -2.38. The van der Waals surface area contributed by atoms with E-state index < -0.39 is 6.04 Å². The van der Waals surface area contributed by atoms with Crippen molar-refractivity contribution >= 4 is 17.7 Å². The highest BCUT2D eigenvalue weighted by Crippen LogP contribution is 2.35. The Kier molecular flexibility index (Phi) is 10.3. The molecule has 1 aliphatic carbocycles. The molecule has 0 bridgehead atoms. The maximum atomic E-state index is 13.4. The zero-order valence-electron chi connectivity index (χ0n) is 24.2. The van der Waals surface area contributed by atoms with E-state index >= 15 is 0 Å². The highest BCUT2D eigenvalue weighted by molar-refractivity contribution is 5.89. The van der Waals surface area contributed by atoms with Crippen molar-refractivity contribution in [3.05, 3.63) is 29.8 Å². The van der Waals surface area contributed by atoms with Gasteiger partial charge in [-0.15, -0.1) is 0 Å². The number of ether oxygens (including phenoxy) is 2. The summed E-state index contributed by atoms with van der Waals surface area (Å²) < 4.78 is 11.5. The molecule has 4 atom stereocenters. The number of piperidine rings is 1. The van der Waals surface area contributed by atoms with E-state index in [4.69, 9.17) is 9.47 Å². The van der Waals surface area contributed by atoms with Crippen molar-refractivity contribution in [2.75, 3.05) is 33.4 Å². The summed E-state index contributed by atoms with van der Waals surface area (Å²) in [6.07, 6.45) is 6.29. The molecule has 1 N–H and O–H groups in total. The number of methoxy groups -OCH3 is 1. The van der Waals surface area contributed by atoms with E-state index in [-0.39, 0.29) is 36.4 Å². The quantitative estimate of drug-likeness (QED) is 0.510. The third-order valence-electron chi connectivity index (χ3n) is 9.02. The predicted molar refractivity (Wildman–Crippen MR) is 150 cm³/mol. The van der Waals surface area contributed by atoms with Crippen molar-refractivity contribution in [2.24, 2.45) is 23.7 Å². The molecule has 3 amide bonds. The number of hydrogen-bond acceptors (Lipinski definition) is 5. The molecule has 8 heteroatoms. The van der Waals surface area contributed by atoms with Gasteiger partial charge < -0.3 is 24.6 Å². The van der Waals surface area contributed by atoms with Crippen LogP contribution in [0.25, 0.3) is 0 Å². The van der Waals surface area contributed by atoms with Crippen LogP contribution in [0.2, 0.25) is 0 Å². The number of carbonyl (C=O) groups is 3. The van der Waals surface area contributed by atoms with Crippen LogP contribution in [0.15, 0.2) is 24.3 Å². The van der Waals surface area contributed by atoms with E-state index in [1.165, 1.54) is 6.42 Å². The molecule has 2 saturated heterocycles. The second-order valence-corrected chi connectivity index (χ2v) is 12.1. The van der Waals surface area contributed by atoms with Gasteiger partial charge in [-0.25, -0.2) is 0 Å². The van der Waals surface area contributed by atoms with Crippen LogP contribution in [-0.2, 0) is 25.7 Å². The number of amides is 3. The average molecular weight is 542 g/mol. The first kappa shape index (κ1) is 29.4. The molecular weight excluding hydrogens is 494 g/mol. The van der Waals surface area contributed by atoms with E-state index in [0.717, 1.165) is 30.6 Å². The monoisotopic (exact) mass is 541 g/mol. The molecule has 1 aromatic rings. The molecule has 216 valence electrons. The van der Waals surface area contributed by atoms with Crippen molar-refractivity contribution < 1.29 is 23.9 Å². The largest absolute Gasteiger partial charge is 0.497 e. The molecule has 3 fully saturated rings. The van der Waals surface area contributed by atoms with Crippen LogP contribution < -0.4 is 10.1 Å². The Labute approximate surface area is 233 Å². The third-order valence-corrected chi connectivity index (χ3v) is 9.02. The molecule has 1 unspecified atom stereocenters. The number of likely N-dealkylation sites (tertiary alicyclic amines) is 2. The SMILES string of the molecule is COc1cccc(CNC(=O)C2CCN(C(=O)[C@@H]3CCCN3C(=O)COC3C[C@@H](C)CC[C@@H]3C(C)C)CC2)c1. The highest BCUT2D eigenvalue weighted by atomic mass is 16.5. The van der Waals surface area contributed by atoms with Crippen LogP contribution >= 0.6 is 0 Å². The molecule has 1 aromatic carbocycles. The Morgan fingerprint density at radius 2 is 1.82 bits per heavy atom. The second kappa shape index (κ2) is 13.6. The van der Waals surface area contributed by atoms with Gasteiger partial charge in [0.15, 0.2) is 0 Å². The zero-order valence-corrected chi connectivity index (χ0v) is 24.2. The highest BCUT2D eigenvalue weighted by Gasteiger charge is 2.39. The molecule has 0 aromatic heterocycles. The molecule has 0 spiro atoms. The van der Waals surface area contributed by atoms with Crippen LogP contribution in [-0.4, -0.2) is 73.0 Å². The molecule has 8 nitrogen and oxygen atoms in total. The Bertz CT molecular complexity index is 990. The summed E-state index contributed by atoms with van der Waals surface area (Å²) in [5, 5.41) is 3.03. The molecule has 2 heterocycles. The van der Waals surface area contributed by atoms with E-state index in [2.05, 4.69) is 26.1 Å². The van der Waals surface area contributed by atoms with Gasteiger partial charge in [0, 0.05) is 32.1 Å². The van der Waals surface area contributed by atoms with Gasteiger partial charge in [0.2, 0.25) is 17.7 Å². The zero-order chi connectivity index (χ0) is 27.9. The number of hydrogen-bond donors (Lipinski definition) is 1. The number of carbonyl (C=O) groups excluding carboxylic acids is 3. The summed E-state index contributed by atoms with van der Waals surface area (Å²) in [6.45, 7) is 8.94. The van der Waals surface area contributed by atoms with Crippen LogP contribution in [0.1, 0.15) is 71.3 Å². The lowest BCUT2D eigenvalue weighted by molar-refractivity contribution is -0.150. The number of rotatable bonds is 9. The Hall–Kier alpha value is -2.61. The summed E-state index contributed by atoms with van der Waals surface area (Å²) in [5.41, 5.74) is 0.989. The number of nitrogens with one attached hydrogen (secondary N) is 1. The molecular formula is C31H47N3O5. The Morgan fingerprint density at radius 1 is 1.05 bits per heavy atom. The van der Waals surface area contributed by atoms with Gasteiger partial charge >= 0.3 is 0 Å². The minimum atomic E-state index is -0.411. The predicted octanol–water partition coefficient (Wildman–Crippen LogP) is 4.02. The fraction of sp³-hybridized carbons (Fsp3) is 0.710. The van der Waals surface area contributed by atoms with Crippen LogP contribution in [0.4, 0.5) is 0 Å². The summed E-state index contributed by atoms with van der Waals surface area (Å²) in [4.78, 5) is 43.0. The van der Waals surface area contributed by atoms with Gasteiger partial charge in [0.05, 0.1) is 13.2 Å². The first-order chi connectivity index (χ1) is 18.8. The minimum absolute atomic E-state index is 0.0161. The van der Waals surface area contributed by atoms with Crippen LogP contribution in [0.5, 0.6) is 5.75 Å². The molecule has 3 aliphatic rings. The molecule has 4 rings (SSSR count). The van der Waals surface area contributed by atoms with Gasteiger partial charge in [0.25, 0.3) is 0 Å². The van der Waals surface area contributed by atoms with E-state index in [0.29, 0.717) is 63.2 Å². The van der Waals surface area contributed by atoms with Crippen molar-refractivity contribution in [1.29, 1.82) is 0 Å². The second-order valence-electron chi connectivity index (χ2n) is 12.1. The molecule has 2 aliphatic heterocycles. The van der Waals surface area contributed by atoms with E-state index in [9.17, 15) is 14.4 Å². The van der Waals surface area contributed by atoms with E-state index in [1.54, 1.807) is 12.0 Å². The fourth-order valence-electron chi connectivity index (χ4n) is 6.58. The Balaban J connectivity index is 1.24. The van der Waals surface area contributed by atoms with Crippen molar-refractivity contribution in [3.8, 4) is 5.75 Å². The maximum Gasteiger partial charge on any atom is 0.249 e. The lowest BCUT2D eigenvalue weighted by Crippen LogP contribution is -2.51. The van der Waals surface area contributed by atoms with Gasteiger partial charge in [0.1, 0.15) is 18.4 Å². The fourth-order valence-corrected chi connectivity index (χ4v) is 6.58. The van der Waals surface area contributed by atoms with Gasteiger partial charge in [-0.1, -0.05) is 39.3 Å². The topological polar surface area (TPSA) is 88.2 Å². The molecule has 0 radical (unpaired) electrons. The Morgan fingerprint density at radius 3 is 2.54 bits per heavy atom. The summed E-state index contributed by atoms with van der Waals surface area (Å²) in [6, 6.07) is 7.25. The van der Waals surface area contributed by atoms with Crippen molar-refractivity contribution in [1.82, 2.24) is 15.1 Å². The van der Waals surface area contributed by atoms with Gasteiger partial charge in [-0.2, -0.15) is 0 Å². The summed E-state index contributed by atoms with van der Waals surface area (Å²) >= 11 is 0. The van der Waals surface area contributed by atoms with Gasteiger partial charge in [-0.05, 0) is 74.0 Å². The summed E-state index contributed by atoms with van der Waals surface area (Å²) in [7, 11) is 1.63. The number of nitrogens with zero attached hydrogens (tertiary/aromatic N) is 2. The first-order valence-corrected chi connectivity index (χ1v) is 14.9. The summed E-state index contributed by atoms with van der Waals surface area (Å²) in [5.74, 6) is 2.26. The maximum absolute atomic E-state index is 13.4. The van der Waals surface area contributed by atoms with Crippen LogP contribution in [0, 0.1) is 23.7 Å². The average Bonchev–Trinajstić information content (AvgIpc) is 3.44. The lowest BCUT2D eigenvalue weighted by atomic mass is 9.75. The van der Waals surface area contributed by atoms with E-state index in [1.807, 2.05) is 29.2 Å². The number of benzene rings is 1. The minimum Gasteiger partial charge on any atom is -0.497 e. The standard InChI is InChI=1S/C31H47N3O5/c1-21(2)26-11-10-22(3)17-28(26)39-20-29(35)34-14-6-9-27(34)31(37)33-15-12-24(13-16-33)30(36)32-19-23-7-5-8-25(18-23)38-4/h5,7-8,18,21-22,24,26-28H,6,9-17,19-20H2,1-4H3,(H,32,36)/t22-,26+,27-,28?/m0/s1. The normalized spacial score (nSPS) is 26.1. The van der Waals surface area contributed by atoms with Crippen molar-refractivity contribution in [3.63, 3.8) is 0 Å². The van der Waals surface area contributed by atoms with Gasteiger partial charge in [-0.3, -0.25) is 14.4 Å². The first-order valence-electron chi connectivity index (χ1n) is 14.9. The van der Waals surface area contributed by atoms with Crippen LogP contribution in [0.3, 0.4) is 0 Å². The van der Waals surface area contributed by atoms with Crippen molar-refractivity contribution in [2.45, 2.75) is 84.4 Å².